The molecule has 2 aromatic rings. The normalized spacial score (nSPS) is 21.5. The molecule has 1 aliphatic rings. The van der Waals surface area contributed by atoms with Crippen molar-refractivity contribution in [3.05, 3.63) is 41.0 Å². The minimum absolute atomic E-state index is 0.0649. The summed E-state index contributed by atoms with van der Waals surface area (Å²) in [5.41, 5.74) is 8.80. The van der Waals surface area contributed by atoms with Crippen LogP contribution in [0.3, 0.4) is 0 Å². The molecule has 5 nitrogen and oxygen atoms in total. The van der Waals surface area contributed by atoms with Gasteiger partial charge in [0.25, 0.3) is 0 Å². The highest BCUT2D eigenvalue weighted by Crippen LogP contribution is 2.39. The number of rotatable bonds is 2. The van der Waals surface area contributed by atoms with E-state index >= 15 is 0 Å². The van der Waals surface area contributed by atoms with Crippen molar-refractivity contribution < 1.29 is 4.74 Å². The van der Waals surface area contributed by atoms with E-state index in [4.69, 9.17) is 10.5 Å². The number of benzene rings is 1. The summed E-state index contributed by atoms with van der Waals surface area (Å²) in [6, 6.07) is 6.17. The summed E-state index contributed by atoms with van der Waals surface area (Å²) in [4.78, 5) is 4.36. The molecule has 1 aromatic carbocycles. The first-order chi connectivity index (χ1) is 9.10. The molecule has 100 valence electrons. The first-order valence-electron chi connectivity index (χ1n) is 6.42. The molecule has 2 unspecified atom stereocenters. The van der Waals surface area contributed by atoms with Gasteiger partial charge in [0.05, 0.1) is 19.2 Å². The minimum atomic E-state index is -0.0649. The van der Waals surface area contributed by atoms with Gasteiger partial charge >= 0.3 is 0 Å². The molecule has 1 aromatic heterocycles. The van der Waals surface area contributed by atoms with Gasteiger partial charge in [-0.3, -0.25) is 0 Å². The lowest BCUT2D eigenvalue weighted by molar-refractivity contribution is 0.397. The number of fused-ring (bicyclic) bond motifs is 1. The molecule has 1 heterocycles. The molecule has 0 amide bonds. The molecule has 0 radical (unpaired) electrons. The summed E-state index contributed by atoms with van der Waals surface area (Å²) in [6.45, 7) is 3.87. The van der Waals surface area contributed by atoms with Gasteiger partial charge in [0.2, 0.25) is 0 Å². The Hall–Kier alpha value is -1.88. The highest BCUT2D eigenvalue weighted by atomic mass is 16.5. The Bertz CT molecular complexity index is 620. The smallest absolute Gasteiger partial charge is 0.147 e. The number of hydrogen-bond acceptors (Lipinski definition) is 4. The summed E-state index contributed by atoms with van der Waals surface area (Å²) in [5.74, 6) is 2.55. The topological polar surface area (TPSA) is 66.0 Å². The van der Waals surface area contributed by atoms with Crippen LogP contribution in [0.15, 0.2) is 18.2 Å². The van der Waals surface area contributed by atoms with E-state index in [9.17, 15) is 0 Å². The van der Waals surface area contributed by atoms with Gasteiger partial charge < -0.3 is 10.5 Å². The van der Waals surface area contributed by atoms with Gasteiger partial charge in [0.15, 0.2) is 0 Å². The lowest BCUT2D eigenvalue weighted by Crippen LogP contribution is -2.22. The molecule has 5 heteroatoms. The maximum absolute atomic E-state index is 6.38. The van der Waals surface area contributed by atoms with Crippen molar-refractivity contribution in [1.29, 1.82) is 0 Å². The molecule has 0 aliphatic heterocycles. The molecule has 0 saturated carbocycles. The van der Waals surface area contributed by atoms with E-state index in [2.05, 4.69) is 16.1 Å². The summed E-state index contributed by atoms with van der Waals surface area (Å²) in [7, 11) is 1.67. The van der Waals surface area contributed by atoms with Crippen LogP contribution in [-0.2, 0) is 6.42 Å². The van der Waals surface area contributed by atoms with Crippen molar-refractivity contribution in [1.82, 2.24) is 14.8 Å². The van der Waals surface area contributed by atoms with Crippen molar-refractivity contribution in [2.75, 3.05) is 7.11 Å². The van der Waals surface area contributed by atoms with Gasteiger partial charge in [-0.2, -0.15) is 5.10 Å². The van der Waals surface area contributed by atoms with Gasteiger partial charge in [0, 0.05) is 0 Å². The van der Waals surface area contributed by atoms with Crippen molar-refractivity contribution >= 4 is 0 Å². The predicted octanol–water partition coefficient (Wildman–Crippen LogP) is 1.70. The molecule has 0 fully saturated rings. The first-order valence-corrected chi connectivity index (χ1v) is 6.42. The second kappa shape index (κ2) is 4.35. The Labute approximate surface area is 112 Å². The standard InChI is InChI=1S/C14H18N4O/c1-8-16-9(2)18(17-8)13-6-10-4-5-11(19-3)7-12(10)14(13)15/h4-5,7,13-14H,6,15H2,1-3H3. The Kier molecular flexibility index (Phi) is 2.78. The molecule has 2 atom stereocenters. The van der Waals surface area contributed by atoms with E-state index in [1.807, 2.05) is 30.7 Å². The van der Waals surface area contributed by atoms with Crippen LogP contribution in [-0.4, -0.2) is 21.9 Å². The zero-order valence-corrected chi connectivity index (χ0v) is 11.4. The van der Waals surface area contributed by atoms with Crippen LogP contribution in [0.2, 0.25) is 0 Å². The average Bonchev–Trinajstić information content (AvgIpc) is 2.89. The van der Waals surface area contributed by atoms with Crippen LogP contribution in [0.5, 0.6) is 5.75 Å². The molecule has 0 bridgehead atoms. The number of methoxy groups -OCH3 is 1. The van der Waals surface area contributed by atoms with Crippen LogP contribution in [0.25, 0.3) is 0 Å². The monoisotopic (exact) mass is 258 g/mol. The van der Waals surface area contributed by atoms with Crippen LogP contribution < -0.4 is 10.5 Å². The van der Waals surface area contributed by atoms with Crippen molar-refractivity contribution in [3.63, 3.8) is 0 Å². The van der Waals surface area contributed by atoms with Gasteiger partial charge in [-0.05, 0) is 43.5 Å². The predicted molar refractivity (Wildman–Crippen MR) is 72.2 cm³/mol. The number of aromatic nitrogens is 3. The van der Waals surface area contributed by atoms with E-state index in [0.29, 0.717) is 0 Å². The fraction of sp³-hybridized carbons (Fsp3) is 0.429. The summed E-state index contributed by atoms with van der Waals surface area (Å²) >= 11 is 0. The quantitative estimate of drug-likeness (QED) is 0.890. The maximum Gasteiger partial charge on any atom is 0.147 e. The highest BCUT2D eigenvalue weighted by molar-refractivity contribution is 5.42. The molecule has 19 heavy (non-hydrogen) atoms. The summed E-state index contributed by atoms with van der Waals surface area (Å²) in [6.07, 6.45) is 0.893. The number of nitrogens with zero attached hydrogens (tertiary/aromatic N) is 3. The molecule has 3 rings (SSSR count). The Morgan fingerprint density at radius 3 is 2.79 bits per heavy atom. The number of hydrogen-bond donors (Lipinski definition) is 1. The van der Waals surface area contributed by atoms with Crippen LogP contribution in [0.1, 0.15) is 34.9 Å². The van der Waals surface area contributed by atoms with E-state index in [1.54, 1.807) is 7.11 Å². The minimum Gasteiger partial charge on any atom is -0.497 e. The zero-order valence-electron chi connectivity index (χ0n) is 11.4. The molecular formula is C14H18N4O. The average molecular weight is 258 g/mol. The second-order valence-corrected chi connectivity index (χ2v) is 5.01. The second-order valence-electron chi connectivity index (χ2n) is 5.01. The molecule has 0 spiro atoms. The molecule has 0 saturated heterocycles. The molecule has 2 N–H and O–H groups in total. The lowest BCUT2D eigenvalue weighted by Gasteiger charge is -2.17. The number of ether oxygens (including phenoxy) is 1. The first kappa shape index (κ1) is 12.2. The van der Waals surface area contributed by atoms with Crippen LogP contribution in [0.4, 0.5) is 0 Å². The Balaban J connectivity index is 1.99. The third-order valence-corrected chi connectivity index (χ3v) is 3.78. The Morgan fingerprint density at radius 2 is 2.16 bits per heavy atom. The lowest BCUT2D eigenvalue weighted by atomic mass is 10.1. The van der Waals surface area contributed by atoms with E-state index < -0.39 is 0 Å². The summed E-state index contributed by atoms with van der Waals surface area (Å²) in [5, 5.41) is 4.46. The van der Waals surface area contributed by atoms with Gasteiger partial charge in [0.1, 0.15) is 17.4 Å². The van der Waals surface area contributed by atoms with Gasteiger partial charge in [-0.25, -0.2) is 9.67 Å². The third-order valence-electron chi connectivity index (χ3n) is 3.78. The van der Waals surface area contributed by atoms with Gasteiger partial charge in [-0.1, -0.05) is 6.07 Å². The van der Waals surface area contributed by atoms with E-state index in [0.717, 1.165) is 29.4 Å². The number of nitrogens with two attached hydrogens (primary N) is 1. The van der Waals surface area contributed by atoms with Gasteiger partial charge in [-0.15, -0.1) is 0 Å². The highest BCUT2D eigenvalue weighted by Gasteiger charge is 2.33. The molecule has 1 aliphatic carbocycles. The van der Waals surface area contributed by atoms with Crippen molar-refractivity contribution in [2.24, 2.45) is 5.73 Å². The fourth-order valence-electron chi connectivity index (χ4n) is 2.84. The fourth-order valence-corrected chi connectivity index (χ4v) is 2.84. The van der Waals surface area contributed by atoms with Crippen LogP contribution in [0, 0.1) is 13.8 Å². The SMILES string of the molecule is COc1ccc2c(c1)C(N)C(n1nc(C)nc1C)C2. The van der Waals surface area contributed by atoms with Crippen LogP contribution >= 0.6 is 0 Å². The largest absolute Gasteiger partial charge is 0.497 e. The summed E-state index contributed by atoms with van der Waals surface area (Å²) < 4.78 is 7.22. The van der Waals surface area contributed by atoms with E-state index in [1.165, 1.54) is 5.56 Å². The van der Waals surface area contributed by atoms with E-state index in [-0.39, 0.29) is 12.1 Å². The maximum atomic E-state index is 6.38. The van der Waals surface area contributed by atoms with Crippen molar-refractivity contribution in [2.45, 2.75) is 32.4 Å². The zero-order chi connectivity index (χ0) is 13.6. The Morgan fingerprint density at radius 1 is 1.37 bits per heavy atom. The van der Waals surface area contributed by atoms with Crippen molar-refractivity contribution in [3.8, 4) is 5.75 Å². The molecular weight excluding hydrogens is 240 g/mol. The number of aryl methyl sites for hydroxylation is 2. The third kappa shape index (κ3) is 1.90.